The van der Waals surface area contributed by atoms with Crippen LogP contribution in [0.2, 0.25) is 52.4 Å². The van der Waals surface area contributed by atoms with E-state index in [9.17, 15) is 19.2 Å². The zero-order valence-electron chi connectivity index (χ0n) is 12.3. The topological polar surface area (TPSA) is 80.9 Å². The fourth-order valence-electron chi connectivity index (χ4n) is 4.49. The van der Waals surface area contributed by atoms with Crippen molar-refractivity contribution in [2.75, 3.05) is 0 Å². The van der Waals surface area contributed by atoms with Crippen LogP contribution in [0.25, 0.3) is 0 Å². The number of hydrogen-bond acceptors (Lipinski definition) is 4. The largest absolute Gasteiger partial charge is 0.435 e. The van der Waals surface area contributed by atoms with E-state index >= 15 is 0 Å². The van der Waals surface area contributed by atoms with Crippen molar-refractivity contribution in [3.63, 3.8) is 0 Å². The Kier molecular flexibility index (Phi) is 4.73. The second-order valence-corrected chi connectivity index (χ2v) is 53.6. The summed E-state index contributed by atoms with van der Waals surface area (Å²) in [6, 6.07) is 0. The van der Waals surface area contributed by atoms with Gasteiger partial charge >= 0.3 is 0 Å². The summed E-state index contributed by atoms with van der Waals surface area (Å²) >= 11 is 0. The van der Waals surface area contributed by atoms with E-state index in [1.54, 1.807) is 52.4 Å². The Morgan fingerprint density at radius 3 is 0.529 bits per heavy atom. The van der Waals surface area contributed by atoms with Crippen molar-refractivity contribution in [1.29, 1.82) is 0 Å². The first-order valence-corrected chi connectivity index (χ1v) is 23.7. The molecule has 0 aliphatic heterocycles. The second kappa shape index (κ2) is 4.49. The predicted molar refractivity (Wildman–Crippen MR) is 84.6 cm³/mol. The molecule has 9 heteroatoms. The van der Waals surface area contributed by atoms with Gasteiger partial charge in [-0.1, -0.05) is 0 Å². The molecule has 0 saturated heterocycles. The summed E-state index contributed by atoms with van der Waals surface area (Å²) in [4.78, 5) is 43.0. The van der Waals surface area contributed by atoms with Gasteiger partial charge in [-0.25, -0.2) is 0 Å². The zero-order chi connectivity index (χ0) is 14.5. The van der Waals surface area contributed by atoms with Crippen molar-refractivity contribution in [2.24, 2.45) is 0 Å². The molecule has 0 fully saturated rings. The van der Waals surface area contributed by atoms with Gasteiger partial charge in [0.25, 0.3) is 0 Å². The van der Waals surface area contributed by atoms with Crippen LogP contribution in [-0.4, -0.2) is 56.7 Å². The van der Waals surface area contributed by atoms with Crippen LogP contribution in [0.4, 0.5) is 0 Å². The number of rotatable bonds is 4. The Morgan fingerprint density at radius 1 is 0.412 bits per heavy atom. The van der Waals surface area contributed by atoms with Crippen LogP contribution in [-0.2, 0) is 0 Å². The highest BCUT2D eigenvalue weighted by atomic mass is 30.2. The Morgan fingerprint density at radius 2 is 0.529 bits per heavy atom. The van der Waals surface area contributed by atoms with Crippen LogP contribution in [0.3, 0.4) is 0 Å². The molecular formula is C8H28O4Si5. The van der Waals surface area contributed by atoms with Crippen LogP contribution in [0.1, 0.15) is 0 Å². The predicted octanol–water partition coefficient (Wildman–Crippen LogP) is 0.538. The van der Waals surface area contributed by atoms with E-state index < -0.39 is 37.5 Å². The average molecular weight is 329 g/mol. The summed E-state index contributed by atoms with van der Waals surface area (Å²) in [6.45, 7) is 14.3. The molecule has 0 atom stereocenters. The van der Waals surface area contributed by atoms with E-state index in [2.05, 4.69) is 0 Å². The van der Waals surface area contributed by atoms with Gasteiger partial charge in [0.1, 0.15) is 0 Å². The van der Waals surface area contributed by atoms with E-state index in [0.29, 0.717) is 0 Å². The summed E-state index contributed by atoms with van der Waals surface area (Å²) in [7, 11) is -11.1. The van der Waals surface area contributed by atoms with Crippen LogP contribution in [0.5, 0.6) is 0 Å². The van der Waals surface area contributed by atoms with Gasteiger partial charge in [0.05, 0.1) is 0 Å². The van der Waals surface area contributed by atoms with E-state index in [0.717, 1.165) is 0 Å². The molecule has 0 aliphatic rings. The lowest BCUT2D eigenvalue weighted by Gasteiger charge is -2.56. The van der Waals surface area contributed by atoms with Gasteiger partial charge in [0.15, 0.2) is 37.5 Å². The summed E-state index contributed by atoms with van der Waals surface area (Å²) < 4.78 is 0. The highest BCUT2D eigenvalue weighted by molar-refractivity contribution is 8.03. The second-order valence-electron chi connectivity index (χ2n) is 6.99. The fourth-order valence-corrected chi connectivity index (χ4v) is 121. The van der Waals surface area contributed by atoms with Gasteiger partial charge < -0.3 is 19.2 Å². The standard InChI is InChI=1S/C8H28O4Si5/c1-13(2,9)17(14(3,4)10,15(5,6)11)16(7,8)12/h9-12H,1-8H3. The van der Waals surface area contributed by atoms with Gasteiger partial charge in [-0.05, 0) is 52.4 Å². The van der Waals surface area contributed by atoms with E-state index in [1.165, 1.54) is 0 Å². The molecule has 4 N–H and O–H groups in total. The molecule has 0 aliphatic carbocycles. The quantitative estimate of drug-likeness (QED) is 0.568. The third-order valence-electron chi connectivity index (χ3n) is 3.67. The Hall–Kier alpha value is 0.924. The smallest absolute Gasteiger partial charge is 0.171 e. The highest BCUT2D eigenvalue weighted by Gasteiger charge is 2.75. The lowest BCUT2D eigenvalue weighted by molar-refractivity contribution is 0.543. The monoisotopic (exact) mass is 328 g/mol. The molecule has 0 bridgehead atoms. The highest BCUT2D eigenvalue weighted by Crippen LogP contribution is 2.38. The molecule has 0 aromatic rings. The van der Waals surface area contributed by atoms with Crippen LogP contribution >= 0.6 is 0 Å². The van der Waals surface area contributed by atoms with Crippen molar-refractivity contribution in [2.45, 2.75) is 52.4 Å². The minimum absolute atomic E-state index is 1.79. The molecule has 0 rings (SSSR count). The Balaban J connectivity index is 6.37. The summed E-state index contributed by atoms with van der Waals surface area (Å²) in [5, 5.41) is 0. The third-order valence-corrected chi connectivity index (χ3v) is 99.1. The van der Waals surface area contributed by atoms with Crippen molar-refractivity contribution >= 4 is 37.5 Å². The maximum absolute atomic E-state index is 10.8. The van der Waals surface area contributed by atoms with E-state index in [1.807, 2.05) is 0 Å². The molecule has 0 radical (unpaired) electrons. The minimum Gasteiger partial charge on any atom is -0.435 e. The van der Waals surface area contributed by atoms with Gasteiger partial charge in [0, 0.05) is 0 Å². The first kappa shape index (κ1) is 17.9. The summed E-state index contributed by atoms with van der Waals surface area (Å²) in [5.74, 6) is 0. The maximum atomic E-state index is 10.8. The molecule has 104 valence electrons. The lowest BCUT2D eigenvalue weighted by Crippen LogP contribution is -2.95. The van der Waals surface area contributed by atoms with Gasteiger partial charge in [-0.2, -0.15) is 0 Å². The zero-order valence-corrected chi connectivity index (χ0v) is 17.3. The number of hydrogen-bond donors (Lipinski definition) is 4. The normalized spacial score (nSPS) is 16.2. The van der Waals surface area contributed by atoms with Gasteiger partial charge in [-0.3, -0.25) is 0 Å². The van der Waals surface area contributed by atoms with E-state index in [4.69, 9.17) is 0 Å². The van der Waals surface area contributed by atoms with Crippen molar-refractivity contribution < 1.29 is 19.2 Å². The van der Waals surface area contributed by atoms with Crippen molar-refractivity contribution in [3.8, 4) is 0 Å². The molecule has 0 aromatic heterocycles. The Labute approximate surface area is 109 Å². The molecule has 4 nitrogen and oxygen atoms in total. The van der Waals surface area contributed by atoms with Gasteiger partial charge in [0.2, 0.25) is 0 Å². The molecular weight excluding hydrogens is 301 g/mol. The first-order chi connectivity index (χ1) is 7.00. The molecule has 0 heterocycles. The van der Waals surface area contributed by atoms with Crippen LogP contribution < -0.4 is 0 Å². The van der Waals surface area contributed by atoms with E-state index in [-0.39, 0.29) is 0 Å². The fraction of sp³-hybridized carbons (Fsp3) is 1.00. The lowest BCUT2D eigenvalue weighted by atomic mass is 11.9. The van der Waals surface area contributed by atoms with Crippen molar-refractivity contribution in [3.05, 3.63) is 0 Å². The van der Waals surface area contributed by atoms with Crippen LogP contribution in [0.15, 0.2) is 0 Å². The molecule has 0 spiro atoms. The molecule has 0 aromatic carbocycles. The minimum atomic E-state index is -2.82. The maximum Gasteiger partial charge on any atom is 0.171 e. The average Bonchev–Trinajstić information content (AvgIpc) is 1.67. The third kappa shape index (κ3) is 2.76. The summed E-state index contributed by atoms with van der Waals surface area (Å²) in [5.41, 5.74) is 0. The van der Waals surface area contributed by atoms with Gasteiger partial charge in [-0.15, -0.1) is 0 Å². The molecule has 0 unspecified atom stereocenters. The summed E-state index contributed by atoms with van der Waals surface area (Å²) in [6.07, 6.45) is -2.82. The first-order valence-electron chi connectivity index (χ1n) is 5.89. The SMILES string of the molecule is C[Si](C)(O)[Si]([Si](C)(C)O)([Si](C)(C)O)[Si](C)(C)O. The van der Waals surface area contributed by atoms with Crippen molar-refractivity contribution in [1.82, 2.24) is 0 Å². The van der Waals surface area contributed by atoms with Crippen LogP contribution in [0, 0.1) is 0 Å². The molecule has 0 amide bonds. The molecule has 0 saturated carbocycles. The Bertz CT molecular complexity index is 219. The molecule has 17 heavy (non-hydrogen) atoms.